The highest BCUT2D eigenvalue weighted by atomic mass is 16.4. The molecule has 0 unspecified atom stereocenters. The number of hydrogen-bond donors (Lipinski definition) is 2. The summed E-state index contributed by atoms with van der Waals surface area (Å²) >= 11 is 0. The monoisotopic (exact) mass is 266 g/mol. The summed E-state index contributed by atoms with van der Waals surface area (Å²) in [4.78, 5) is 27.0. The molecule has 0 saturated heterocycles. The van der Waals surface area contributed by atoms with Crippen LogP contribution in [0.3, 0.4) is 0 Å². The van der Waals surface area contributed by atoms with Crippen molar-refractivity contribution < 1.29 is 19.1 Å². The van der Waals surface area contributed by atoms with Gasteiger partial charge < -0.3 is 14.8 Å². The number of oxazole rings is 1. The van der Waals surface area contributed by atoms with Gasteiger partial charge in [-0.1, -0.05) is 13.3 Å². The number of rotatable bonds is 5. The third-order valence-corrected chi connectivity index (χ3v) is 3.53. The Kier molecular flexibility index (Phi) is 4.19. The Balaban J connectivity index is 1.88. The van der Waals surface area contributed by atoms with Gasteiger partial charge in [-0.2, -0.15) is 0 Å². The van der Waals surface area contributed by atoms with E-state index in [4.69, 9.17) is 9.52 Å². The molecule has 1 fully saturated rings. The lowest BCUT2D eigenvalue weighted by atomic mass is 9.95. The lowest BCUT2D eigenvalue weighted by Crippen LogP contribution is -2.34. The first-order chi connectivity index (χ1) is 9.11. The molecule has 6 nitrogen and oxygen atoms in total. The number of carbonyl (C=O) groups excluding carboxylic acids is 1. The van der Waals surface area contributed by atoms with Gasteiger partial charge in [0.1, 0.15) is 5.76 Å². The van der Waals surface area contributed by atoms with Gasteiger partial charge in [0.2, 0.25) is 11.8 Å². The van der Waals surface area contributed by atoms with E-state index in [9.17, 15) is 9.59 Å². The fraction of sp³-hybridized carbons (Fsp3) is 0.615. The lowest BCUT2D eigenvalue weighted by molar-refractivity contribution is -0.146. The van der Waals surface area contributed by atoms with E-state index in [1.54, 1.807) is 6.20 Å². The van der Waals surface area contributed by atoms with Crippen molar-refractivity contribution in [2.75, 3.05) is 0 Å². The molecule has 6 heteroatoms. The summed E-state index contributed by atoms with van der Waals surface area (Å²) in [6.07, 6.45) is 4.39. The number of nitrogens with zero attached hydrogens (tertiary/aromatic N) is 1. The Morgan fingerprint density at radius 3 is 2.84 bits per heavy atom. The van der Waals surface area contributed by atoms with Gasteiger partial charge in [-0.3, -0.25) is 9.59 Å². The van der Waals surface area contributed by atoms with E-state index in [0.29, 0.717) is 18.7 Å². The average molecular weight is 266 g/mol. The molecule has 0 spiro atoms. The summed E-state index contributed by atoms with van der Waals surface area (Å²) in [6.45, 7) is 2.17. The average Bonchev–Trinajstić information content (AvgIpc) is 3.04. The predicted molar refractivity (Wildman–Crippen MR) is 66.2 cm³/mol. The number of aryl methyl sites for hydroxylation is 1. The van der Waals surface area contributed by atoms with Gasteiger partial charge >= 0.3 is 5.97 Å². The molecule has 104 valence electrons. The second kappa shape index (κ2) is 5.86. The van der Waals surface area contributed by atoms with E-state index in [0.717, 1.165) is 18.6 Å². The van der Waals surface area contributed by atoms with E-state index in [1.165, 1.54) is 0 Å². The quantitative estimate of drug-likeness (QED) is 0.839. The van der Waals surface area contributed by atoms with Crippen molar-refractivity contribution >= 4 is 11.9 Å². The Hall–Kier alpha value is -1.85. The number of aliphatic carboxylic acids is 1. The third kappa shape index (κ3) is 3.13. The Bertz CT molecular complexity index is 469. The number of carbonyl (C=O) groups is 2. The maximum atomic E-state index is 12.0. The number of amides is 1. The third-order valence-electron chi connectivity index (χ3n) is 3.53. The molecule has 2 rings (SSSR count). The molecule has 1 saturated carbocycles. The van der Waals surface area contributed by atoms with Crippen LogP contribution in [0.2, 0.25) is 0 Å². The summed E-state index contributed by atoms with van der Waals surface area (Å²) in [7, 11) is 0. The highest BCUT2D eigenvalue weighted by Crippen LogP contribution is 2.32. The van der Waals surface area contributed by atoms with Crippen LogP contribution in [0.4, 0.5) is 0 Å². The number of carboxylic acid groups (broad SMARTS) is 1. The van der Waals surface area contributed by atoms with Crippen LogP contribution in [0, 0.1) is 11.8 Å². The molecule has 0 aliphatic heterocycles. The number of carboxylic acids is 1. The van der Waals surface area contributed by atoms with Crippen molar-refractivity contribution in [3.8, 4) is 0 Å². The van der Waals surface area contributed by atoms with Crippen LogP contribution in [0.1, 0.15) is 37.8 Å². The molecule has 19 heavy (non-hydrogen) atoms. The van der Waals surface area contributed by atoms with Gasteiger partial charge in [-0.25, -0.2) is 4.98 Å². The van der Waals surface area contributed by atoms with E-state index < -0.39 is 17.8 Å². The molecule has 1 aromatic rings. The summed E-state index contributed by atoms with van der Waals surface area (Å²) < 4.78 is 5.38. The van der Waals surface area contributed by atoms with Gasteiger partial charge in [-0.15, -0.1) is 0 Å². The maximum absolute atomic E-state index is 12.0. The predicted octanol–water partition coefficient (Wildman–Crippen LogP) is 1.35. The van der Waals surface area contributed by atoms with Crippen molar-refractivity contribution in [3.05, 3.63) is 17.8 Å². The maximum Gasteiger partial charge on any atom is 0.307 e. The summed E-state index contributed by atoms with van der Waals surface area (Å²) in [5, 5.41) is 11.7. The molecule has 1 amide bonds. The molecule has 1 aliphatic carbocycles. The highest BCUT2D eigenvalue weighted by molar-refractivity contribution is 5.85. The molecule has 1 aliphatic rings. The van der Waals surface area contributed by atoms with Crippen LogP contribution in [0.15, 0.2) is 10.6 Å². The fourth-order valence-corrected chi connectivity index (χ4v) is 2.46. The van der Waals surface area contributed by atoms with E-state index in [1.807, 2.05) is 6.92 Å². The topological polar surface area (TPSA) is 92.4 Å². The molecule has 0 aromatic carbocycles. The van der Waals surface area contributed by atoms with Gasteiger partial charge in [0.05, 0.1) is 24.6 Å². The first kappa shape index (κ1) is 13.6. The largest absolute Gasteiger partial charge is 0.481 e. The van der Waals surface area contributed by atoms with Crippen LogP contribution >= 0.6 is 0 Å². The van der Waals surface area contributed by atoms with Crippen molar-refractivity contribution in [2.24, 2.45) is 11.8 Å². The minimum atomic E-state index is -0.887. The first-order valence-corrected chi connectivity index (χ1v) is 6.56. The molecule has 0 bridgehead atoms. The minimum absolute atomic E-state index is 0.210. The molecular weight excluding hydrogens is 248 g/mol. The molecular formula is C13H18N2O4. The van der Waals surface area contributed by atoms with Crippen LogP contribution in [0.25, 0.3) is 0 Å². The fourth-order valence-electron chi connectivity index (χ4n) is 2.46. The zero-order valence-corrected chi connectivity index (χ0v) is 10.9. The smallest absolute Gasteiger partial charge is 0.307 e. The molecule has 1 heterocycles. The first-order valence-electron chi connectivity index (χ1n) is 6.56. The van der Waals surface area contributed by atoms with E-state index in [-0.39, 0.29) is 12.5 Å². The molecule has 2 N–H and O–H groups in total. The van der Waals surface area contributed by atoms with E-state index >= 15 is 0 Å². The standard InChI is InChI=1S/C13H18N2O4/c1-2-8-6-14-11(19-8)7-15-12(16)9-4-3-5-10(9)13(17)18/h6,9-10H,2-5,7H2,1H3,(H,15,16)(H,17,18)/t9-,10+/m1/s1. The van der Waals surface area contributed by atoms with Crippen LogP contribution in [-0.2, 0) is 22.6 Å². The summed E-state index contributed by atoms with van der Waals surface area (Å²) in [6, 6.07) is 0. The number of aromatic nitrogens is 1. The number of nitrogens with one attached hydrogen (secondary N) is 1. The second-order valence-corrected chi connectivity index (χ2v) is 4.77. The Morgan fingerprint density at radius 1 is 1.47 bits per heavy atom. The van der Waals surface area contributed by atoms with Gasteiger partial charge in [0, 0.05) is 6.42 Å². The zero-order chi connectivity index (χ0) is 13.8. The lowest BCUT2D eigenvalue weighted by Gasteiger charge is -2.14. The minimum Gasteiger partial charge on any atom is -0.481 e. The van der Waals surface area contributed by atoms with Crippen LogP contribution in [0.5, 0.6) is 0 Å². The highest BCUT2D eigenvalue weighted by Gasteiger charge is 2.37. The van der Waals surface area contributed by atoms with Gasteiger partial charge in [0.25, 0.3) is 0 Å². The number of hydrogen-bond acceptors (Lipinski definition) is 4. The molecule has 0 radical (unpaired) electrons. The van der Waals surface area contributed by atoms with Crippen LogP contribution in [-0.4, -0.2) is 22.0 Å². The molecule has 2 atom stereocenters. The van der Waals surface area contributed by atoms with Gasteiger partial charge in [0.15, 0.2) is 0 Å². The zero-order valence-electron chi connectivity index (χ0n) is 10.9. The van der Waals surface area contributed by atoms with Gasteiger partial charge in [-0.05, 0) is 12.8 Å². The van der Waals surface area contributed by atoms with Crippen molar-refractivity contribution in [3.63, 3.8) is 0 Å². The normalized spacial score (nSPS) is 22.4. The van der Waals surface area contributed by atoms with E-state index in [2.05, 4.69) is 10.3 Å². The summed E-state index contributed by atoms with van der Waals surface area (Å²) in [5.41, 5.74) is 0. The second-order valence-electron chi connectivity index (χ2n) is 4.77. The SMILES string of the molecule is CCc1cnc(CNC(=O)[C@@H]2CCC[C@@H]2C(=O)O)o1. The van der Waals surface area contributed by atoms with Crippen LogP contribution < -0.4 is 5.32 Å². The van der Waals surface area contributed by atoms with Crippen molar-refractivity contribution in [1.82, 2.24) is 10.3 Å². The Morgan fingerprint density at radius 2 is 2.21 bits per heavy atom. The summed E-state index contributed by atoms with van der Waals surface area (Å²) in [5.74, 6) is -0.874. The van der Waals surface area contributed by atoms with Crippen molar-refractivity contribution in [1.29, 1.82) is 0 Å². The van der Waals surface area contributed by atoms with Crippen molar-refractivity contribution in [2.45, 2.75) is 39.2 Å². The molecule has 1 aromatic heterocycles. The Labute approximate surface area is 111 Å².